The summed E-state index contributed by atoms with van der Waals surface area (Å²) in [7, 11) is 4.04. The summed E-state index contributed by atoms with van der Waals surface area (Å²) in [5, 5.41) is 0.538. The molecule has 0 saturated carbocycles. The number of hydrogen-bond donors (Lipinski definition) is 0. The molecule has 20 heavy (non-hydrogen) atoms. The third-order valence-corrected chi connectivity index (χ3v) is 4.73. The number of anilines is 1. The zero-order chi connectivity index (χ0) is 14.7. The summed E-state index contributed by atoms with van der Waals surface area (Å²) in [6, 6.07) is 8.18. The normalized spacial score (nSPS) is 10.7. The Labute approximate surface area is 138 Å². The minimum atomic E-state index is 0.538. The second-order valence-corrected chi connectivity index (χ2v) is 6.23. The summed E-state index contributed by atoms with van der Waals surface area (Å²) in [5.74, 6) is 0.698. The first-order chi connectivity index (χ1) is 9.52. The van der Waals surface area contributed by atoms with Crippen LogP contribution >= 0.6 is 34.2 Å². The highest BCUT2D eigenvalue weighted by Gasteiger charge is 2.11. The molecule has 0 fully saturated rings. The predicted molar refractivity (Wildman–Crippen MR) is 93.5 cm³/mol. The molecule has 106 valence electrons. The molecular weight excluding hydrogens is 385 g/mol. The second-order valence-electron chi connectivity index (χ2n) is 4.79. The zero-order valence-corrected chi connectivity index (χ0v) is 14.7. The van der Waals surface area contributed by atoms with Crippen molar-refractivity contribution in [2.45, 2.75) is 19.8 Å². The molecular formula is C15H17ClIN3. The lowest BCUT2D eigenvalue weighted by Crippen LogP contribution is -2.08. The number of hydrogen-bond acceptors (Lipinski definition) is 3. The minimum absolute atomic E-state index is 0.538. The Bertz CT molecular complexity index is 597. The van der Waals surface area contributed by atoms with E-state index in [9.17, 15) is 0 Å². The summed E-state index contributed by atoms with van der Waals surface area (Å²) in [5.41, 5.74) is 3.17. The van der Waals surface area contributed by atoms with Gasteiger partial charge in [0.2, 0.25) is 0 Å². The molecule has 2 aromatic rings. The van der Waals surface area contributed by atoms with Crippen LogP contribution in [-0.4, -0.2) is 24.1 Å². The summed E-state index contributed by atoms with van der Waals surface area (Å²) in [4.78, 5) is 11.1. The quantitative estimate of drug-likeness (QED) is 0.561. The molecule has 3 nitrogen and oxygen atoms in total. The van der Waals surface area contributed by atoms with E-state index in [-0.39, 0.29) is 0 Å². The van der Waals surface area contributed by atoms with Crippen LogP contribution in [0.1, 0.15) is 19.0 Å². The van der Waals surface area contributed by atoms with Crippen molar-refractivity contribution in [3.8, 4) is 11.4 Å². The van der Waals surface area contributed by atoms with Crippen LogP contribution in [0.4, 0.5) is 5.69 Å². The van der Waals surface area contributed by atoms with Crippen molar-refractivity contribution in [3.63, 3.8) is 0 Å². The monoisotopic (exact) mass is 401 g/mol. The number of rotatable bonds is 4. The minimum Gasteiger partial charge on any atom is -0.378 e. The van der Waals surface area contributed by atoms with Gasteiger partial charge >= 0.3 is 0 Å². The summed E-state index contributed by atoms with van der Waals surface area (Å²) < 4.78 is 0.958. The maximum Gasteiger partial charge on any atom is 0.161 e. The van der Waals surface area contributed by atoms with Crippen molar-refractivity contribution in [3.05, 3.63) is 38.7 Å². The number of aromatic nitrogens is 2. The molecule has 2 rings (SSSR count). The summed E-state index contributed by atoms with van der Waals surface area (Å²) in [6.45, 7) is 2.14. The third kappa shape index (κ3) is 3.41. The van der Waals surface area contributed by atoms with E-state index in [0.29, 0.717) is 11.0 Å². The first kappa shape index (κ1) is 15.5. The molecule has 0 amide bonds. The van der Waals surface area contributed by atoms with E-state index >= 15 is 0 Å². The van der Waals surface area contributed by atoms with Crippen molar-refractivity contribution in [2.75, 3.05) is 19.0 Å². The molecule has 1 heterocycles. The molecule has 0 N–H and O–H groups in total. The molecule has 5 heteroatoms. The predicted octanol–water partition coefficient (Wildman–Crippen LogP) is 4.42. The van der Waals surface area contributed by atoms with E-state index in [4.69, 9.17) is 11.6 Å². The van der Waals surface area contributed by atoms with E-state index < -0.39 is 0 Å². The lowest BCUT2D eigenvalue weighted by Gasteiger charge is -2.13. The zero-order valence-electron chi connectivity index (χ0n) is 11.8. The number of nitrogens with zero attached hydrogens (tertiary/aromatic N) is 3. The Morgan fingerprint density at radius 3 is 2.35 bits per heavy atom. The fraction of sp³-hybridized carbons (Fsp3) is 0.333. The van der Waals surface area contributed by atoms with Crippen molar-refractivity contribution in [1.29, 1.82) is 0 Å². The lowest BCUT2D eigenvalue weighted by atomic mass is 10.1. The van der Waals surface area contributed by atoms with E-state index in [1.54, 1.807) is 0 Å². The third-order valence-electron chi connectivity index (χ3n) is 3.01. The number of benzene rings is 1. The molecule has 0 saturated heterocycles. The van der Waals surface area contributed by atoms with Gasteiger partial charge in [0, 0.05) is 25.3 Å². The lowest BCUT2D eigenvalue weighted by molar-refractivity contribution is 0.867. The Balaban J connectivity index is 2.41. The topological polar surface area (TPSA) is 29.0 Å². The summed E-state index contributed by atoms with van der Waals surface area (Å²) in [6.07, 6.45) is 1.96. The molecule has 0 aliphatic heterocycles. The fourth-order valence-electron chi connectivity index (χ4n) is 1.90. The fourth-order valence-corrected chi connectivity index (χ4v) is 2.60. The van der Waals surface area contributed by atoms with E-state index in [1.807, 2.05) is 26.2 Å². The van der Waals surface area contributed by atoms with Crippen LogP contribution in [0.3, 0.4) is 0 Å². The molecule has 0 atom stereocenters. The van der Waals surface area contributed by atoms with Crippen LogP contribution < -0.4 is 4.90 Å². The largest absolute Gasteiger partial charge is 0.378 e. The van der Waals surface area contributed by atoms with Gasteiger partial charge in [0.15, 0.2) is 5.82 Å². The van der Waals surface area contributed by atoms with E-state index in [0.717, 1.165) is 33.4 Å². The highest BCUT2D eigenvalue weighted by Crippen LogP contribution is 2.25. The highest BCUT2D eigenvalue weighted by molar-refractivity contribution is 14.1. The van der Waals surface area contributed by atoms with Gasteiger partial charge in [-0.3, -0.25) is 0 Å². The van der Waals surface area contributed by atoms with Gasteiger partial charge in [0.25, 0.3) is 0 Å². The van der Waals surface area contributed by atoms with Crippen molar-refractivity contribution >= 4 is 39.9 Å². The second kappa shape index (κ2) is 6.72. The van der Waals surface area contributed by atoms with Crippen molar-refractivity contribution < 1.29 is 0 Å². The van der Waals surface area contributed by atoms with Crippen molar-refractivity contribution in [1.82, 2.24) is 9.97 Å². The van der Waals surface area contributed by atoms with Crippen molar-refractivity contribution in [2.24, 2.45) is 0 Å². The maximum atomic E-state index is 6.22. The first-order valence-corrected chi connectivity index (χ1v) is 7.98. The maximum absolute atomic E-state index is 6.22. The Morgan fingerprint density at radius 1 is 1.15 bits per heavy atom. The van der Waals surface area contributed by atoms with Crippen LogP contribution in [0.25, 0.3) is 11.4 Å². The van der Waals surface area contributed by atoms with Crippen LogP contribution in [0.2, 0.25) is 5.15 Å². The molecule has 0 aliphatic carbocycles. The van der Waals surface area contributed by atoms with Gasteiger partial charge in [-0.15, -0.1) is 0 Å². The van der Waals surface area contributed by atoms with Crippen LogP contribution in [0, 0.1) is 3.57 Å². The van der Waals surface area contributed by atoms with Crippen LogP contribution in [0.15, 0.2) is 24.3 Å². The Hall–Kier alpha value is -0.880. The molecule has 1 aromatic heterocycles. The van der Waals surface area contributed by atoms with Crippen LogP contribution in [0.5, 0.6) is 0 Å². The molecule has 0 bridgehead atoms. The standard InChI is InChI=1S/C15H17ClIN3/c1-4-5-12-13(17)14(16)19-15(18-12)10-6-8-11(9-7-10)20(2)3/h6-9H,4-5H2,1-3H3. The van der Waals surface area contributed by atoms with Gasteiger partial charge in [-0.2, -0.15) is 0 Å². The smallest absolute Gasteiger partial charge is 0.161 e. The van der Waals surface area contributed by atoms with Gasteiger partial charge in [-0.05, 0) is 53.3 Å². The van der Waals surface area contributed by atoms with Gasteiger partial charge < -0.3 is 4.90 Å². The SMILES string of the molecule is CCCc1nc(-c2ccc(N(C)C)cc2)nc(Cl)c1I. The average molecular weight is 402 g/mol. The number of aryl methyl sites for hydroxylation is 1. The molecule has 1 aromatic carbocycles. The highest BCUT2D eigenvalue weighted by atomic mass is 127. The molecule has 0 aliphatic rings. The molecule has 0 radical (unpaired) electrons. The van der Waals surface area contributed by atoms with Gasteiger partial charge in [0.05, 0.1) is 9.26 Å². The average Bonchev–Trinajstić information content (AvgIpc) is 2.44. The molecule has 0 spiro atoms. The Kier molecular flexibility index (Phi) is 5.21. The van der Waals surface area contributed by atoms with Gasteiger partial charge in [-0.25, -0.2) is 9.97 Å². The number of halogens is 2. The van der Waals surface area contributed by atoms with E-state index in [2.05, 4.69) is 56.5 Å². The van der Waals surface area contributed by atoms with Gasteiger partial charge in [-0.1, -0.05) is 24.9 Å². The van der Waals surface area contributed by atoms with Crippen LogP contribution in [-0.2, 0) is 6.42 Å². The molecule has 0 unspecified atom stereocenters. The van der Waals surface area contributed by atoms with E-state index in [1.165, 1.54) is 0 Å². The summed E-state index contributed by atoms with van der Waals surface area (Å²) >= 11 is 8.43. The Morgan fingerprint density at radius 2 is 1.80 bits per heavy atom. The first-order valence-electron chi connectivity index (χ1n) is 6.52. The van der Waals surface area contributed by atoms with Gasteiger partial charge in [0.1, 0.15) is 5.15 Å².